The van der Waals surface area contributed by atoms with E-state index in [1.807, 2.05) is 18.2 Å². The maximum Gasteiger partial charge on any atom is 0.187 e. The Morgan fingerprint density at radius 1 is 1.19 bits per heavy atom. The summed E-state index contributed by atoms with van der Waals surface area (Å²) in [4.78, 5) is 11.2. The Kier molecular flexibility index (Phi) is 7.52. The summed E-state index contributed by atoms with van der Waals surface area (Å²) in [7, 11) is 1.61. The van der Waals surface area contributed by atoms with E-state index in [2.05, 4.69) is 27.1 Å². The smallest absolute Gasteiger partial charge is 0.187 e. The molecule has 1 aliphatic rings. The monoisotopic (exact) mass is 476 g/mol. The second-order valence-corrected chi connectivity index (χ2v) is 8.33. The van der Waals surface area contributed by atoms with Gasteiger partial charge in [-0.3, -0.25) is 0 Å². The molecule has 0 aliphatic carbocycles. The number of hydrogen-bond donors (Lipinski definition) is 1. The molecule has 32 heavy (non-hydrogen) atoms. The lowest BCUT2D eigenvalue weighted by Gasteiger charge is -2.23. The minimum Gasteiger partial charge on any atom is -0.491 e. The Morgan fingerprint density at radius 3 is 2.84 bits per heavy atom. The molecule has 0 radical (unpaired) electrons. The van der Waals surface area contributed by atoms with Gasteiger partial charge in [0.15, 0.2) is 11.5 Å². The first kappa shape index (κ1) is 22.9. The summed E-state index contributed by atoms with van der Waals surface area (Å²) in [5.41, 5.74) is 1.42. The van der Waals surface area contributed by atoms with E-state index in [0.717, 1.165) is 43.7 Å². The molecule has 170 valence electrons. The molecule has 0 bridgehead atoms. The third-order valence-corrected chi connectivity index (χ3v) is 6.16. The number of halogens is 2. The predicted octanol–water partition coefficient (Wildman–Crippen LogP) is 5.18. The van der Waals surface area contributed by atoms with Gasteiger partial charge in [0.05, 0.1) is 17.2 Å². The molecular formula is C23H26Cl2N4O3. The maximum atomic E-state index is 6.14. The van der Waals surface area contributed by atoms with Gasteiger partial charge in [0.25, 0.3) is 0 Å². The van der Waals surface area contributed by atoms with Crippen LogP contribution in [0.3, 0.4) is 0 Å². The van der Waals surface area contributed by atoms with Crippen LogP contribution in [0.5, 0.6) is 11.5 Å². The van der Waals surface area contributed by atoms with Crippen molar-refractivity contribution in [1.29, 1.82) is 0 Å². The lowest BCUT2D eigenvalue weighted by molar-refractivity contribution is 0.0209. The predicted molar refractivity (Wildman–Crippen MR) is 128 cm³/mol. The highest BCUT2D eigenvalue weighted by molar-refractivity contribution is 6.42. The molecule has 0 saturated carbocycles. The van der Waals surface area contributed by atoms with Crippen molar-refractivity contribution in [3.8, 4) is 11.5 Å². The molecule has 1 unspecified atom stereocenters. The number of aromatic nitrogens is 2. The van der Waals surface area contributed by atoms with Crippen molar-refractivity contribution in [2.75, 3.05) is 45.3 Å². The van der Waals surface area contributed by atoms with Gasteiger partial charge in [0.1, 0.15) is 30.4 Å². The largest absolute Gasteiger partial charge is 0.491 e. The number of likely N-dealkylation sites (N-methyl/N-ethyl adjacent to an activating group) is 1. The molecule has 7 nitrogen and oxygen atoms in total. The Bertz CT molecular complexity index is 1080. The average Bonchev–Trinajstić information content (AvgIpc) is 3.05. The van der Waals surface area contributed by atoms with Crippen molar-refractivity contribution in [3.63, 3.8) is 0 Å². The van der Waals surface area contributed by atoms with Gasteiger partial charge < -0.3 is 24.4 Å². The van der Waals surface area contributed by atoms with Crippen molar-refractivity contribution in [2.24, 2.45) is 0 Å². The lowest BCUT2D eigenvalue weighted by Crippen LogP contribution is -2.35. The first-order chi connectivity index (χ1) is 15.6. The van der Waals surface area contributed by atoms with Crippen molar-refractivity contribution in [1.82, 2.24) is 14.9 Å². The van der Waals surface area contributed by atoms with Crippen LogP contribution >= 0.6 is 23.2 Å². The van der Waals surface area contributed by atoms with Crippen molar-refractivity contribution >= 4 is 45.6 Å². The fourth-order valence-electron chi connectivity index (χ4n) is 3.75. The fraction of sp³-hybridized carbons (Fsp3) is 0.391. The maximum absolute atomic E-state index is 6.14. The Morgan fingerprint density at radius 2 is 2.06 bits per heavy atom. The summed E-state index contributed by atoms with van der Waals surface area (Å²) in [6.45, 7) is 6.27. The zero-order valence-electron chi connectivity index (χ0n) is 18.1. The Balaban J connectivity index is 1.57. The molecule has 9 heteroatoms. The van der Waals surface area contributed by atoms with E-state index in [1.54, 1.807) is 19.2 Å². The molecule has 0 amide bonds. The van der Waals surface area contributed by atoms with Gasteiger partial charge in [-0.15, -0.1) is 0 Å². The lowest BCUT2D eigenvalue weighted by atomic mass is 10.2. The minimum atomic E-state index is 0.00938. The molecule has 1 aromatic heterocycles. The second-order valence-electron chi connectivity index (χ2n) is 7.52. The van der Waals surface area contributed by atoms with Crippen LogP contribution in [-0.2, 0) is 4.74 Å². The molecule has 2 aromatic carbocycles. The molecule has 0 spiro atoms. The number of benzene rings is 2. The quantitative estimate of drug-likeness (QED) is 0.503. The summed E-state index contributed by atoms with van der Waals surface area (Å²) < 4.78 is 17.8. The fourth-order valence-corrected chi connectivity index (χ4v) is 4.05. The Labute approximate surface area is 197 Å². The van der Waals surface area contributed by atoms with E-state index in [1.165, 1.54) is 6.33 Å². The van der Waals surface area contributed by atoms with E-state index in [4.69, 9.17) is 37.4 Å². The van der Waals surface area contributed by atoms with Gasteiger partial charge in [-0.1, -0.05) is 30.1 Å². The van der Waals surface area contributed by atoms with Gasteiger partial charge in [-0.2, -0.15) is 0 Å². The first-order valence-electron chi connectivity index (χ1n) is 10.6. The number of nitrogens with zero attached hydrogens (tertiary/aromatic N) is 3. The van der Waals surface area contributed by atoms with Crippen LogP contribution in [0.15, 0.2) is 36.7 Å². The SMILES string of the molecule is CCN1CCCOC(COc2ccc3c(Nc4ccc(Cl)c(Cl)c4)ncnc3c2OC)C1. The summed E-state index contributed by atoms with van der Waals surface area (Å²) in [5.74, 6) is 1.81. The van der Waals surface area contributed by atoms with Crippen LogP contribution in [0.25, 0.3) is 10.9 Å². The van der Waals surface area contributed by atoms with Crippen molar-refractivity contribution in [2.45, 2.75) is 19.4 Å². The van der Waals surface area contributed by atoms with Gasteiger partial charge >= 0.3 is 0 Å². The number of nitrogens with one attached hydrogen (secondary N) is 1. The third-order valence-electron chi connectivity index (χ3n) is 5.42. The zero-order valence-corrected chi connectivity index (χ0v) is 19.6. The molecule has 1 aliphatic heterocycles. The van der Waals surface area contributed by atoms with E-state index in [-0.39, 0.29) is 6.10 Å². The normalized spacial score (nSPS) is 17.2. The van der Waals surface area contributed by atoms with Crippen LogP contribution in [0.1, 0.15) is 13.3 Å². The molecular weight excluding hydrogens is 451 g/mol. The summed E-state index contributed by atoms with van der Waals surface area (Å²) in [5, 5.41) is 5.03. The molecule has 3 aromatic rings. The molecule has 1 N–H and O–H groups in total. The highest BCUT2D eigenvalue weighted by Crippen LogP contribution is 2.37. The summed E-state index contributed by atoms with van der Waals surface area (Å²) in [6, 6.07) is 9.11. The number of fused-ring (bicyclic) bond motifs is 1. The Hall–Kier alpha value is -2.32. The zero-order chi connectivity index (χ0) is 22.5. The molecule has 4 rings (SSSR count). The number of methoxy groups -OCH3 is 1. The van der Waals surface area contributed by atoms with E-state index in [0.29, 0.717) is 39.5 Å². The van der Waals surface area contributed by atoms with Crippen LogP contribution < -0.4 is 14.8 Å². The van der Waals surface area contributed by atoms with Crippen LogP contribution in [0.4, 0.5) is 11.5 Å². The van der Waals surface area contributed by atoms with Gasteiger partial charge in [-0.25, -0.2) is 9.97 Å². The topological polar surface area (TPSA) is 68.7 Å². The van der Waals surface area contributed by atoms with Gasteiger partial charge in [-0.05, 0) is 43.3 Å². The molecule has 1 atom stereocenters. The minimum absolute atomic E-state index is 0.00938. The van der Waals surface area contributed by atoms with E-state index in [9.17, 15) is 0 Å². The summed E-state index contributed by atoms with van der Waals surface area (Å²) in [6.07, 6.45) is 2.53. The van der Waals surface area contributed by atoms with Crippen molar-refractivity contribution < 1.29 is 14.2 Å². The van der Waals surface area contributed by atoms with Crippen LogP contribution in [0.2, 0.25) is 10.0 Å². The number of anilines is 2. The molecule has 1 saturated heterocycles. The number of hydrogen-bond acceptors (Lipinski definition) is 7. The van der Waals surface area contributed by atoms with Gasteiger partial charge in [0, 0.05) is 30.8 Å². The second kappa shape index (κ2) is 10.5. The van der Waals surface area contributed by atoms with Crippen molar-refractivity contribution in [3.05, 3.63) is 46.7 Å². The van der Waals surface area contributed by atoms with Crippen LogP contribution in [-0.4, -0.2) is 60.9 Å². The molecule has 1 fully saturated rings. The highest BCUT2D eigenvalue weighted by Gasteiger charge is 2.20. The standard InChI is InChI=1S/C23H26Cl2N4O3/c1-3-29-9-4-10-31-16(12-29)13-32-20-8-6-17-21(22(20)30-2)26-14-27-23(17)28-15-5-7-18(24)19(25)11-15/h5-8,11,14,16H,3-4,9-10,12-13H2,1-2H3,(H,26,27,28). The average molecular weight is 477 g/mol. The van der Waals surface area contributed by atoms with Crippen LogP contribution in [0, 0.1) is 0 Å². The van der Waals surface area contributed by atoms with E-state index >= 15 is 0 Å². The molecule has 2 heterocycles. The third kappa shape index (κ3) is 5.18. The number of rotatable bonds is 7. The number of ether oxygens (including phenoxy) is 3. The summed E-state index contributed by atoms with van der Waals surface area (Å²) >= 11 is 12.2. The van der Waals surface area contributed by atoms with E-state index < -0.39 is 0 Å². The highest BCUT2D eigenvalue weighted by atomic mass is 35.5. The van der Waals surface area contributed by atoms with Gasteiger partial charge in [0.2, 0.25) is 0 Å². The first-order valence-corrected chi connectivity index (χ1v) is 11.3.